The Hall–Kier alpha value is -1.95. The lowest BCUT2D eigenvalue weighted by atomic mass is 10.0. The molecule has 0 unspecified atom stereocenters. The zero-order chi connectivity index (χ0) is 16.4. The minimum Gasteiger partial charge on any atom is -0.493 e. The van der Waals surface area contributed by atoms with Crippen molar-refractivity contribution in [2.45, 2.75) is 32.2 Å². The van der Waals surface area contributed by atoms with E-state index < -0.39 is 0 Å². The molecule has 0 aliphatic carbocycles. The molecule has 0 atom stereocenters. The van der Waals surface area contributed by atoms with Crippen LogP contribution in [-0.2, 0) is 17.8 Å². The number of hydrogen-bond acceptors (Lipinski definition) is 5. The molecule has 0 aromatic heterocycles. The maximum atomic E-state index is 12.3. The maximum Gasteiger partial charge on any atom is 0.226 e. The number of fused-ring (bicyclic) bond motifs is 2. The van der Waals surface area contributed by atoms with Crippen LogP contribution < -0.4 is 10.1 Å². The molecule has 1 aromatic carbocycles. The summed E-state index contributed by atoms with van der Waals surface area (Å²) in [7, 11) is 0. The van der Waals surface area contributed by atoms with E-state index in [0.717, 1.165) is 61.1 Å². The Labute approximate surface area is 146 Å². The van der Waals surface area contributed by atoms with Gasteiger partial charge in [0.15, 0.2) is 5.17 Å². The molecule has 0 bridgehead atoms. The number of nitrogens with zero attached hydrogens (tertiary/aromatic N) is 2. The van der Waals surface area contributed by atoms with Crippen molar-refractivity contribution < 1.29 is 9.53 Å². The van der Waals surface area contributed by atoms with E-state index in [2.05, 4.69) is 26.7 Å². The highest BCUT2D eigenvalue weighted by Gasteiger charge is 2.26. The average molecular weight is 343 g/mol. The number of aliphatic imine (C=N–C) groups is 1. The highest BCUT2D eigenvalue weighted by atomic mass is 32.2. The van der Waals surface area contributed by atoms with Crippen molar-refractivity contribution in [3.05, 3.63) is 40.4 Å². The van der Waals surface area contributed by atoms with Gasteiger partial charge in [0.1, 0.15) is 5.75 Å². The molecule has 0 spiro atoms. The second-order valence-corrected chi connectivity index (χ2v) is 7.08. The summed E-state index contributed by atoms with van der Waals surface area (Å²) in [4.78, 5) is 18.9. The molecule has 6 heteroatoms. The van der Waals surface area contributed by atoms with E-state index in [1.54, 1.807) is 11.8 Å². The fourth-order valence-corrected chi connectivity index (χ4v) is 4.18. The average Bonchev–Trinajstić information content (AvgIpc) is 3.03. The molecule has 24 heavy (non-hydrogen) atoms. The van der Waals surface area contributed by atoms with Crippen molar-refractivity contribution in [1.82, 2.24) is 10.2 Å². The molecule has 3 aliphatic heterocycles. The number of rotatable bonds is 4. The molecule has 4 rings (SSSR count). The molecule has 1 N–H and O–H groups in total. The van der Waals surface area contributed by atoms with Crippen LogP contribution in [0.3, 0.4) is 0 Å². The third kappa shape index (κ3) is 3.29. The Bertz CT molecular complexity index is 714. The summed E-state index contributed by atoms with van der Waals surface area (Å²) in [6, 6.07) is 6.20. The molecule has 1 amide bonds. The number of aryl methyl sites for hydroxylation is 1. The van der Waals surface area contributed by atoms with Gasteiger partial charge in [-0.05, 0) is 41.9 Å². The fraction of sp³-hybridized carbons (Fsp3) is 0.444. The van der Waals surface area contributed by atoms with Gasteiger partial charge in [0.25, 0.3) is 0 Å². The van der Waals surface area contributed by atoms with Crippen molar-refractivity contribution in [1.29, 1.82) is 0 Å². The van der Waals surface area contributed by atoms with Crippen LogP contribution >= 0.6 is 11.8 Å². The van der Waals surface area contributed by atoms with E-state index in [0.29, 0.717) is 13.0 Å². The number of thioether (sulfide) groups is 1. The maximum absolute atomic E-state index is 12.3. The molecule has 0 saturated carbocycles. The summed E-state index contributed by atoms with van der Waals surface area (Å²) in [5.74, 6) is 1.05. The van der Waals surface area contributed by atoms with Gasteiger partial charge in [-0.1, -0.05) is 23.9 Å². The fourth-order valence-electron chi connectivity index (χ4n) is 3.22. The summed E-state index contributed by atoms with van der Waals surface area (Å²) >= 11 is 1.63. The van der Waals surface area contributed by atoms with Crippen LogP contribution in [0.1, 0.15) is 30.4 Å². The van der Waals surface area contributed by atoms with Gasteiger partial charge in [0.05, 0.1) is 13.0 Å². The lowest BCUT2D eigenvalue weighted by Crippen LogP contribution is -2.32. The number of benzene rings is 1. The molecular weight excluding hydrogens is 322 g/mol. The number of nitrogens with one attached hydrogen (secondary N) is 1. The topological polar surface area (TPSA) is 53.9 Å². The van der Waals surface area contributed by atoms with E-state index in [4.69, 9.17) is 4.74 Å². The molecule has 3 aliphatic rings. The third-order valence-corrected chi connectivity index (χ3v) is 5.42. The lowest BCUT2D eigenvalue weighted by Gasteiger charge is -2.25. The van der Waals surface area contributed by atoms with Crippen LogP contribution in [0.25, 0.3) is 0 Å². The van der Waals surface area contributed by atoms with Gasteiger partial charge in [-0.2, -0.15) is 0 Å². The van der Waals surface area contributed by atoms with Crippen LogP contribution in [0.5, 0.6) is 5.75 Å². The molecule has 0 saturated heterocycles. The second kappa shape index (κ2) is 6.89. The number of hydrogen-bond donors (Lipinski definition) is 1. The molecule has 126 valence electrons. The van der Waals surface area contributed by atoms with Gasteiger partial charge >= 0.3 is 0 Å². The SMILES string of the molecule is O=C(CC1=CSC2=NCCCN12)NCc1ccc2c(c1)CCCO2. The summed E-state index contributed by atoms with van der Waals surface area (Å²) in [6.45, 7) is 3.23. The largest absolute Gasteiger partial charge is 0.493 e. The zero-order valence-electron chi connectivity index (χ0n) is 13.6. The highest BCUT2D eigenvalue weighted by Crippen LogP contribution is 2.30. The Morgan fingerprint density at radius 1 is 1.38 bits per heavy atom. The number of ether oxygens (including phenoxy) is 1. The monoisotopic (exact) mass is 343 g/mol. The van der Waals surface area contributed by atoms with Gasteiger partial charge in [-0.15, -0.1) is 0 Å². The van der Waals surface area contributed by atoms with Crippen molar-refractivity contribution in [2.75, 3.05) is 19.7 Å². The van der Waals surface area contributed by atoms with E-state index in [1.165, 1.54) is 5.56 Å². The Kier molecular flexibility index (Phi) is 4.47. The summed E-state index contributed by atoms with van der Waals surface area (Å²) in [6.07, 6.45) is 3.59. The van der Waals surface area contributed by atoms with Gasteiger partial charge in [0.2, 0.25) is 5.91 Å². The first-order valence-corrected chi connectivity index (χ1v) is 9.36. The number of carbonyl (C=O) groups excluding carboxylic acids is 1. The van der Waals surface area contributed by atoms with Crippen molar-refractivity contribution in [3.8, 4) is 5.75 Å². The summed E-state index contributed by atoms with van der Waals surface area (Å²) in [5, 5.41) is 6.13. The minimum atomic E-state index is 0.0580. The Balaban J connectivity index is 1.32. The van der Waals surface area contributed by atoms with E-state index in [9.17, 15) is 4.79 Å². The number of carbonyl (C=O) groups is 1. The van der Waals surface area contributed by atoms with Crippen molar-refractivity contribution in [3.63, 3.8) is 0 Å². The first kappa shape index (κ1) is 15.6. The zero-order valence-corrected chi connectivity index (χ0v) is 14.4. The third-order valence-electron chi connectivity index (χ3n) is 4.47. The standard InChI is InChI=1S/C18H21N3O2S/c22-17(10-15-12-24-18-19-6-2-7-21(15)18)20-11-13-4-5-16-14(9-13)3-1-8-23-16/h4-5,9,12H,1-3,6-8,10-11H2,(H,20,22). The minimum absolute atomic E-state index is 0.0580. The predicted molar refractivity (Wildman–Crippen MR) is 96.0 cm³/mol. The van der Waals surface area contributed by atoms with Crippen LogP contribution in [0.15, 0.2) is 34.3 Å². The predicted octanol–water partition coefficient (Wildman–Crippen LogP) is 2.67. The van der Waals surface area contributed by atoms with Gasteiger partial charge in [0, 0.05) is 25.3 Å². The summed E-state index contributed by atoms with van der Waals surface area (Å²) in [5.41, 5.74) is 3.44. The molecule has 5 nitrogen and oxygen atoms in total. The number of amidine groups is 1. The van der Waals surface area contributed by atoms with Gasteiger partial charge in [-0.25, -0.2) is 0 Å². The van der Waals surface area contributed by atoms with Crippen molar-refractivity contribution >= 4 is 22.8 Å². The number of amides is 1. The van der Waals surface area contributed by atoms with Crippen molar-refractivity contribution in [2.24, 2.45) is 4.99 Å². The summed E-state index contributed by atoms with van der Waals surface area (Å²) < 4.78 is 5.63. The second-order valence-electron chi connectivity index (χ2n) is 6.24. The molecule has 1 aromatic rings. The van der Waals surface area contributed by atoms with E-state index in [-0.39, 0.29) is 5.91 Å². The van der Waals surface area contributed by atoms with Gasteiger partial charge in [-0.3, -0.25) is 9.79 Å². The first-order valence-electron chi connectivity index (χ1n) is 8.48. The lowest BCUT2D eigenvalue weighted by molar-refractivity contribution is -0.120. The normalized spacial score (nSPS) is 18.9. The van der Waals surface area contributed by atoms with Crippen LogP contribution in [0, 0.1) is 0 Å². The molecule has 3 heterocycles. The smallest absolute Gasteiger partial charge is 0.226 e. The molecule has 0 radical (unpaired) electrons. The molecular formula is C18H21N3O2S. The quantitative estimate of drug-likeness (QED) is 0.913. The Morgan fingerprint density at radius 3 is 3.29 bits per heavy atom. The van der Waals surface area contributed by atoms with Crippen LogP contribution in [0.2, 0.25) is 0 Å². The first-order chi connectivity index (χ1) is 11.8. The Morgan fingerprint density at radius 2 is 2.33 bits per heavy atom. The highest BCUT2D eigenvalue weighted by molar-refractivity contribution is 8.16. The van der Waals surface area contributed by atoms with E-state index >= 15 is 0 Å². The van der Waals surface area contributed by atoms with Gasteiger partial charge < -0.3 is 15.0 Å². The van der Waals surface area contributed by atoms with E-state index in [1.807, 2.05) is 12.1 Å². The van der Waals surface area contributed by atoms with Crippen LogP contribution in [0.4, 0.5) is 0 Å². The van der Waals surface area contributed by atoms with Crippen LogP contribution in [-0.4, -0.2) is 35.7 Å². The molecule has 0 fully saturated rings.